The molecule has 1 nitrogen and oxygen atoms in total. The number of rotatable bonds is 0. The Balaban J connectivity index is 2.76. The van der Waals surface area contributed by atoms with Crippen molar-refractivity contribution in [3.8, 4) is 0 Å². The van der Waals surface area contributed by atoms with Crippen molar-refractivity contribution in [3.63, 3.8) is 0 Å². The van der Waals surface area contributed by atoms with Gasteiger partial charge in [-0.25, -0.2) is 0 Å². The molecule has 2 atom stereocenters. The van der Waals surface area contributed by atoms with Crippen molar-refractivity contribution in [2.45, 2.75) is 25.9 Å². The minimum absolute atomic E-state index is 0.694. The first-order valence-corrected chi connectivity index (χ1v) is 3.57. The first-order chi connectivity index (χ1) is 4.05. The van der Waals surface area contributed by atoms with E-state index in [0.29, 0.717) is 12.1 Å². The zero-order valence-electron chi connectivity index (χ0n) is 6.76. The lowest BCUT2D eigenvalue weighted by atomic mass is 10.3. The van der Waals surface area contributed by atoms with Gasteiger partial charge in [-0.2, -0.15) is 0 Å². The molecule has 1 rings (SSSR count). The van der Waals surface area contributed by atoms with Gasteiger partial charge in [0, 0.05) is 0 Å². The number of likely N-dealkylation sites (N-methyl/N-ethyl adjacent to an activating group) is 1. The van der Waals surface area contributed by atoms with Crippen molar-refractivity contribution in [1.29, 1.82) is 0 Å². The summed E-state index contributed by atoms with van der Waals surface area (Å²) in [4.78, 5) is 0. The number of hydrogen-bond donors (Lipinski definition) is 0. The van der Waals surface area contributed by atoms with Gasteiger partial charge in [-0.3, -0.25) is 0 Å². The van der Waals surface area contributed by atoms with Gasteiger partial charge in [-0.1, -0.05) is 0 Å². The Morgan fingerprint density at radius 1 is 1.00 bits per heavy atom. The second-order valence-corrected chi connectivity index (χ2v) is 3.50. The SMILES string of the molecule is CC1C=CC(C)[N+]1(C)C. The van der Waals surface area contributed by atoms with E-state index in [1.165, 1.54) is 0 Å². The second-order valence-electron chi connectivity index (χ2n) is 3.50. The number of hydrogen-bond acceptors (Lipinski definition) is 0. The van der Waals surface area contributed by atoms with E-state index >= 15 is 0 Å². The van der Waals surface area contributed by atoms with E-state index in [2.05, 4.69) is 40.1 Å². The molecule has 0 aliphatic carbocycles. The molecule has 0 saturated carbocycles. The molecule has 2 unspecified atom stereocenters. The third-order valence-electron chi connectivity index (χ3n) is 2.77. The van der Waals surface area contributed by atoms with Gasteiger partial charge in [0.25, 0.3) is 0 Å². The summed E-state index contributed by atoms with van der Waals surface area (Å²) in [7, 11) is 4.55. The van der Waals surface area contributed by atoms with E-state index in [0.717, 1.165) is 4.48 Å². The fourth-order valence-electron chi connectivity index (χ4n) is 1.14. The summed E-state index contributed by atoms with van der Waals surface area (Å²) < 4.78 is 1.11. The Morgan fingerprint density at radius 2 is 1.33 bits per heavy atom. The van der Waals surface area contributed by atoms with Crippen LogP contribution in [0.5, 0.6) is 0 Å². The molecule has 0 bridgehead atoms. The van der Waals surface area contributed by atoms with Crippen molar-refractivity contribution in [2.75, 3.05) is 14.1 Å². The van der Waals surface area contributed by atoms with Gasteiger partial charge in [0.15, 0.2) is 0 Å². The van der Waals surface area contributed by atoms with Crippen molar-refractivity contribution in [2.24, 2.45) is 0 Å². The summed E-state index contributed by atoms with van der Waals surface area (Å²) in [6.07, 6.45) is 4.59. The van der Waals surface area contributed by atoms with Gasteiger partial charge >= 0.3 is 0 Å². The van der Waals surface area contributed by atoms with Crippen LogP contribution in [0.4, 0.5) is 0 Å². The highest BCUT2D eigenvalue weighted by Crippen LogP contribution is 2.20. The van der Waals surface area contributed by atoms with Crippen LogP contribution in [0, 0.1) is 0 Å². The molecular weight excluding hydrogens is 110 g/mol. The molecule has 1 aliphatic heterocycles. The molecule has 1 heteroatoms. The molecule has 52 valence electrons. The Morgan fingerprint density at radius 3 is 1.44 bits per heavy atom. The van der Waals surface area contributed by atoms with Crippen molar-refractivity contribution in [1.82, 2.24) is 0 Å². The lowest BCUT2D eigenvalue weighted by Crippen LogP contribution is -2.48. The van der Waals surface area contributed by atoms with Crippen LogP contribution in [-0.2, 0) is 0 Å². The highest BCUT2D eigenvalue weighted by atomic mass is 15.4. The third-order valence-corrected chi connectivity index (χ3v) is 2.77. The summed E-state index contributed by atoms with van der Waals surface area (Å²) in [5.41, 5.74) is 0. The van der Waals surface area contributed by atoms with E-state index in [-0.39, 0.29) is 0 Å². The molecule has 0 amide bonds. The molecule has 1 heterocycles. The molecule has 0 radical (unpaired) electrons. The van der Waals surface area contributed by atoms with Gasteiger partial charge in [-0.15, -0.1) is 0 Å². The first kappa shape index (κ1) is 6.81. The van der Waals surface area contributed by atoms with E-state index < -0.39 is 0 Å². The van der Waals surface area contributed by atoms with Crippen LogP contribution in [0.2, 0.25) is 0 Å². The first-order valence-electron chi connectivity index (χ1n) is 3.57. The summed E-state index contributed by atoms with van der Waals surface area (Å²) in [6.45, 7) is 4.53. The predicted octanol–water partition coefficient (Wildman–Crippen LogP) is 1.41. The fraction of sp³-hybridized carbons (Fsp3) is 0.750. The van der Waals surface area contributed by atoms with Gasteiger partial charge in [0.1, 0.15) is 12.1 Å². The smallest absolute Gasteiger partial charge is 0.105 e. The molecule has 0 saturated heterocycles. The van der Waals surface area contributed by atoms with Gasteiger partial charge in [-0.05, 0) is 26.0 Å². The Bertz CT molecular complexity index is 122. The van der Waals surface area contributed by atoms with Crippen LogP contribution in [0.1, 0.15) is 13.8 Å². The monoisotopic (exact) mass is 126 g/mol. The zero-order valence-corrected chi connectivity index (χ0v) is 6.76. The number of quaternary nitrogens is 1. The van der Waals surface area contributed by atoms with E-state index in [1.54, 1.807) is 0 Å². The normalized spacial score (nSPS) is 39.6. The molecule has 0 N–H and O–H groups in total. The third kappa shape index (κ3) is 0.897. The summed E-state index contributed by atoms with van der Waals surface area (Å²) in [6, 6.07) is 1.39. The standard InChI is InChI=1S/C8H16N/c1-7-5-6-8(2)9(7,3)4/h5-8H,1-4H3/q+1. The highest BCUT2D eigenvalue weighted by molar-refractivity contribution is 4.98. The topological polar surface area (TPSA) is 0 Å². The minimum atomic E-state index is 0.694. The molecule has 9 heavy (non-hydrogen) atoms. The summed E-state index contributed by atoms with van der Waals surface area (Å²) >= 11 is 0. The summed E-state index contributed by atoms with van der Waals surface area (Å²) in [5, 5.41) is 0. The molecule has 0 spiro atoms. The summed E-state index contributed by atoms with van der Waals surface area (Å²) in [5.74, 6) is 0. The van der Waals surface area contributed by atoms with E-state index in [1.807, 2.05) is 0 Å². The predicted molar refractivity (Wildman–Crippen MR) is 40.2 cm³/mol. The van der Waals surface area contributed by atoms with Crippen molar-refractivity contribution in [3.05, 3.63) is 12.2 Å². The lowest BCUT2D eigenvalue weighted by molar-refractivity contribution is -0.916. The van der Waals surface area contributed by atoms with Crippen molar-refractivity contribution >= 4 is 0 Å². The van der Waals surface area contributed by atoms with E-state index in [9.17, 15) is 0 Å². The fourth-order valence-corrected chi connectivity index (χ4v) is 1.14. The van der Waals surface area contributed by atoms with Gasteiger partial charge < -0.3 is 4.48 Å². The maximum Gasteiger partial charge on any atom is 0.105 e. The Labute approximate surface area is 57.6 Å². The molecule has 0 aromatic heterocycles. The molecule has 0 aromatic rings. The van der Waals surface area contributed by atoms with E-state index in [4.69, 9.17) is 0 Å². The van der Waals surface area contributed by atoms with Crippen LogP contribution in [0.25, 0.3) is 0 Å². The van der Waals surface area contributed by atoms with Crippen LogP contribution >= 0.6 is 0 Å². The molecule has 0 fully saturated rings. The largest absolute Gasteiger partial charge is 0.318 e. The number of nitrogens with zero attached hydrogens (tertiary/aromatic N) is 1. The molecule has 1 aliphatic rings. The zero-order chi connectivity index (χ0) is 7.07. The minimum Gasteiger partial charge on any atom is -0.318 e. The Kier molecular flexibility index (Phi) is 1.39. The van der Waals surface area contributed by atoms with Crippen molar-refractivity contribution < 1.29 is 4.48 Å². The van der Waals surface area contributed by atoms with Crippen LogP contribution < -0.4 is 0 Å². The maximum atomic E-state index is 2.30. The Hall–Kier alpha value is -0.300. The van der Waals surface area contributed by atoms with Crippen LogP contribution in [0.3, 0.4) is 0 Å². The van der Waals surface area contributed by atoms with Crippen LogP contribution in [0.15, 0.2) is 12.2 Å². The second kappa shape index (κ2) is 1.84. The average Bonchev–Trinajstić information content (AvgIpc) is 1.96. The quantitative estimate of drug-likeness (QED) is 0.340. The lowest BCUT2D eigenvalue weighted by Gasteiger charge is -2.34. The van der Waals surface area contributed by atoms with Gasteiger partial charge in [0.2, 0.25) is 0 Å². The maximum absolute atomic E-state index is 2.30. The average molecular weight is 126 g/mol. The molecule has 0 aromatic carbocycles. The highest BCUT2D eigenvalue weighted by Gasteiger charge is 2.31. The molecular formula is C8H16N+. The van der Waals surface area contributed by atoms with Gasteiger partial charge in [0.05, 0.1) is 14.1 Å². The van der Waals surface area contributed by atoms with Crippen LogP contribution in [-0.4, -0.2) is 30.7 Å².